The van der Waals surface area contributed by atoms with Gasteiger partial charge in [-0.3, -0.25) is 9.59 Å². The van der Waals surface area contributed by atoms with Crippen LogP contribution in [0.5, 0.6) is 0 Å². The number of carbonyl (C=O) groups excluding carboxylic acids is 3. The highest BCUT2D eigenvalue weighted by Gasteiger charge is 2.28. The van der Waals surface area contributed by atoms with Crippen LogP contribution < -0.4 is 5.32 Å². The number of esters is 1. The second-order valence-electron chi connectivity index (χ2n) is 4.25. The molecule has 96 valence electrons. The maximum atomic E-state index is 11.4. The molecule has 1 amide bonds. The lowest BCUT2D eigenvalue weighted by atomic mass is 10.1. The Kier molecular flexibility index (Phi) is 5.66. The number of ketones is 1. The summed E-state index contributed by atoms with van der Waals surface area (Å²) in [6, 6.07) is -0.564. The van der Waals surface area contributed by atoms with Crippen molar-refractivity contribution in [3.63, 3.8) is 0 Å². The molecule has 0 aromatic heterocycles. The van der Waals surface area contributed by atoms with Gasteiger partial charge in [0, 0.05) is 12.8 Å². The highest BCUT2D eigenvalue weighted by Crippen LogP contribution is 2.07. The summed E-state index contributed by atoms with van der Waals surface area (Å²) in [6.45, 7) is 2.40. The number of hydrogen-bond acceptors (Lipinski definition) is 4. The molecule has 0 radical (unpaired) electrons. The number of carbonyl (C=O) groups is 3. The summed E-state index contributed by atoms with van der Waals surface area (Å²) in [4.78, 5) is 33.9. The van der Waals surface area contributed by atoms with Crippen LogP contribution in [0.3, 0.4) is 0 Å². The molecule has 0 aromatic rings. The van der Waals surface area contributed by atoms with Crippen LogP contribution in [0.15, 0.2) is 0 Å². The van der Waals surface area contributed by atoms with Gasteiger partial charge in [0.15, 0.2) is 0 Å². The van der Waals surface area contributed by atoms with Gasteiger partial charge in [-0.2, -0.15) is 0 Å². The molecule has 0 spiro atoms. The molecule has 1 aliphatic rings. The quantitative estimate of drug-likeness (QED) is 0.409. The Balaban J connectivity index is 2.20. The molecule has 0 aromatic carbocycles. The Hall–Kier alpha value is -1.39. The fraction of sp³-hybridized carbons (Fsp3) is 0.750. The van der Waals surface area contributed by atoms with Gasteiger partial charge in [0.05, 0.1) is 13.0 Å². The van der Waals surface area contributed by atoms with Crippen LogP contribution in [0.25, 0.3) is 0 Å². The van der Waals surface area contributed by atoms with Gasteiger partial charge < -0.3 is 10.1 Å². The number of hydrogen-bond donors (Lipinski definition) is 1. The zero-order chi connectivity index (χ0) is 12.7. The van der Waals surface area contributed by atoms with Crippen molar-refractivity contribution < 1.29 is 19.1 Å². The van der Waals surface area contributed by atoms with Gasteiger partial charge in [0.2, 0.25) is 5.91 Å². The van der Waals surface area contributed by atoms with Gasteiger partial charge in [-0.1, -0.05) is 19.8 Å². The molecule has 17 heavy (non-hydrogen) atoms. The normalized spacial score (nSPS) is 18.9. The molecule has 1 N–H and O–H groups in total. The van der Waals surface area contributed by atoms with Crippen molar-refractivity contribution >= 4 is 17.7 Å². The molecular formula is C12H19NO4. The van der Waals surface area contributed by atoms with E-state index in [4.69, 9.17) is 4.74 Å². The maximum Gasteiger partial charge on any atom is 0.328 e. The van der Waals surface area contributed by atoms with Gasteiger partial charge in [-0.15, -0.1) is 0 Å². The van der Waals surface area contributed by atoms with Crippen LogP contribution in [0.2, 0.25) is 0 Å². The third-order valence-corrected chi connectivity index (χ3v) is 2.69. The Labute approximate surface area is 101 Å². The van der Waals surface area contributed by atoms with Crippen molar-refractivity contribution in [3.05, 3.63) is 0 Å². The molecule has 1 atom stereocenters. The van der Waals surface area contributed by atoms with Crippen molar-refractivity contribution in [2.45, 2.75) is 51.5 Å². The first-order valence-electron chi connectivity index (χ1n) is 6.11. The third kappa shape index (κ3) is 4.97. The number of rotatable bonds is 7. The van der Waals surface area contributed by atoms with Gasteiger partial charge in [0.1, 0.15) is 11.8 Å². The van der Waals surface area contributed by atoms with Gasteiger partial charge >= 0.3 is 5.97 Å². The Bertz CT molecular complexity index is 301. The largest absolute Gasteiger partial charge is 0.464 e. The van der Waals surface area contributed by atoms with E-state index < -0.39 is 12.0 Å². The number of Topliss-reactive ketones (excluding diaryl/α,β-unsaturated/α-hetero) is 1. The lowest BCUT2D eigenvalue weighted by molar-refractivity contribution is -0.142. The molecule has 0 unspecified atom stereocenters. The molecule has 1 heterocycles. The minimum absolute atomic E-state index is 0.0673. The fourth-order valence-electron chi connectivity index (χ4n) is 1.71. The first kappa shape index (κ1) is 13.7. The zero-order valence-corrected chi connectivity index (χ0v) is 10.2. The molecule has 0 bridgehead atoms. The summed E-state index contributed by atoms with van der Waals surface area (Å²) >= 11 is 0. The van der Waals surface area contributed by atoms with Gasteiger partial charge in [-0.25, -0.2) is 4.79 Å². The summed E-state index contributed by atoms with van der Waals surface area (Å²) in [5.74, 6) is -0.852. The van der Waals surface area contributed by atoms with Gasteiger partial charge in [0.25, 0.3) is 0 Å². The van der Waals surface area contributed by atoms with E-state index in [0.717, 1.165) is 19.3 Å². The molecule has 5 heteroatoms. The van der Waals surface area contributed by atoms with Crippen molar-refractivity contribution in [1.29, 1.82) is 0 Å². The average Bonchev–Trinajstić information content (AvgIpc) is 2.64. The third-order valence-electron chi connectivity index (χ3n) is 2.69. The van der Waals surface area contributed by atoms with Crippen LogP contribution in [0, 0.1) is 0 Å². The maximum absolute atomic E-state index is 11.4. The van der Waals surface area contributed by atoms with Gasteiger partial charge in [-0.05, 0) is 6.42 Å². The molecule has 0 saturated carbocycles. The summed E-state index contributed by atoms with van der Waals surface area (Å²) in [6.07, 6.45) is 3.68. The van der Waals surface area contributed by atoms with Crippen molar-refractivity contribution in [2.24, 2.45) is 0 Å². The highest BCUT2D eigenvalue weighted by molar-refractivity contribution is 5.99. The predicted molar refractivity (Wildman–Crippen MR) is 61.3 cm³/mol. The second kappa shape index (κ2) is 7.04. The first-order valence-corrected chi connectivity index (χ1v) is 6.11. The first-order chi connectivity index (χ1) is 8.13. The number of unbranched alkanes of at least 4 members (excludes halogenated alkanes) is 2. The smallest absolute Gasteiger partial charge is 0.328 e. The van der Waals surface area contributed by atoms with E-state index in [2.05, 4.69) is 12.2 Å². The number of ether oxygens (including phenoxy) is 1. The second-order valence-corrected chi connectivity index (χ2v) is 4.25. The zero-order valence-electron chi connectivity index (χ0n) is 10.2. The topological polar surface area (TPSA) is 72.5 Å². The fourth-order valence-corrected chi connectivity index (χ4v) is 1.71. The molecule has 1 rings (SSSR count). The molecule has 1 saturated heterocycles. The standard InChI is InChI=1S/C12H19NO4/c1-2-3-4-5-9(14)8-11(15)13-10-6-7-17-12(10)16/h10H,2-8H2,1H3,(H,13,15)/t10-/m0/s1. The summed E-state index contributed by atoms with van der Waals surface area (Å²) in [5, 5.41) is 2.52. The lowest BCUT2D eigenvalue weighted by Gasteiger charge is -2.08. The van der Waals surface area contributed by atoms with Crippen LogP contribution >= 0.6 is 0 Å². The monoisotopic (exact) mass is 241 g/mol. The number of amides is 1. The Morgan fingerprint density at radius 3 is 2.76 bits per heavy atom. The van der Waals surface area contributed by atoms with E-state index in [0.29, 0.717) is 19.4 Å². The van der Waals surface area contributed by atoms with Crippen LogP contribution in [0.1, 0.15) is 45.4 Å². The Morgan fingerprint density at radius 2 is 2.18 bits per heavy atom. The van der Waals surface area contributed by atoms with Crippen molar-refractivity contribution in [2.75, 3.05) is 6.61 Å². The van der Waals surface area contributed by atoms with E-state index in [-0.39, 0.29) is 18.1 Å². The molecule has 1 aliphatic heterocycles. The summed E-state index contributed by atoms with van der Waals surface area (Å²) in [7, 11) is 0. The van der Waals surface area contributed by atoms with Crippen LogP contribution in [-0.2, 0) is 19.1 Å². The van der Waals surface area contributed by atoms with E-state index in [1.165, 1.54) is 0 Å². The molecular weight excluding hydrogens is 222 g/mol. The summed E-state index contributed by atoms with van der Waals surface area (Å²) < 4.78 is 4.71. The molecule has 1 fully saturated rings. The van der Waals surface area contributed by atoms with Crippen molar-refractivity contribution in [1.82, 2.24) is 5.32 Å². The molecule has 0 aliphatic carbocycles. The SMILES string of the molecule is CCCCCC(=O)CC(=O)N[C@H]1CCOC1=O. The van der Waals surface area contributed by atoms with E-state index >= 15 is 0 Å². The van der Waals surface area contributed by atoms with Crippen LogP contribution in [0.4, 0.5) is 0 Å². The van der Waals surface area contributed by atoms with E-state index in [9.17, 15) is 14.4 Å². The van der Waals surface area contributed by atoms with Crippen LogP contribution in [-0.4, -0.2) is 30.3 Å². The Morgan fingerprint density at radius 1 is 1.41 bits per heavy atom. The predicted octanol–water partition coefficient (Wildman–Crippen LogP) is 0.958. The summed E-state index contributed by atoms with van der Waals surface area (Å²) in [5.41, 5.74) is 0. The minimum atomic E-state index is -0.564. The highest BCUT2D eigenvalue weighted by atomic mass is 16.5. The lowest BCUT2D eigenvalue weighted by Crippen LogP contribution is -2.38. The number of cyclic esters (lactones) is 1. The van der Waals surface area contributed by atoms with Crippen molar-refractivity contribution in [3.8, 4) is 0 Å². The average molecular weight is 241 g/mol. The molecule has 5 nitrogen and oxygen atoms in total. The van der Waals surface area contributed by atoms with E-state index in [1.54, 1.807) is 0 Å². The minimum Gasteiger partial charge on any atom is -0.464 e. The number of nitrogens with one attached hydrogen (secondary N) is 1. The van der Waals surface area contributed by atoms with E-state index in [1.807, 2.05) is 0 Å².